The highest BCUT2D eigenvalue weighted by molar-refractivity contribution is 9.10. The Balaban J connectivity index is 2.12. The lowest BCUT2D eigenvalue weighted by Gasteiger charge is -2.49. The van der Waals surface area contributed by atoms with Crippen molar-refractivity contribution in [2.75, 3.05) is 27.7 Å². The third-order valence-corrected chi connectivity index (χ3v) is 4.97. The molecule has 0 saturated heterocycles. The van der Waals surface area contributed by atoms with E-state index < -0.39 is 0 Å². The largest absolute Gasteiger partial charge is 0.343 e. The summed E-state index contributed by atoms with van der Waals surface area (Å²) in [7, 11) is 6.14. The number of carbonyl (C=O) groups is 1. The summed E-state index contributed by atoms with van der Waals surface area (Å²) in [5.41, 5.74) is 0.931. The van der Waals surface area contributed by atoms with Gasteiger partial charge in [0.25, 0.3) is 5.91 Å². The van der Waals surface area contributed by atoms with Gasteiger partial charge >= 0.3 is 0 Å². The van der Waals surface area contributed by atoms with Crippen molar-refractivity contribution in [3.8, 4) is 0 Å². The van der Waals surface area contributed by atoms with Gasteiger partial charge in [-0.2, -0.15) is 0 Å². The van der Waals surface area contributed by atoms with Crippen molar-refractivity contribution in [3.63, 3.8) is 0 Å². The molecule has 1 aromatic rings. The second-order valence-corrected chi connectivity index (χ2v) is 6.88. The fraction of sp³-hybridized carbons (Fsp3) is 0.667. The minimum Gasteiger partial charge on any atom is -0.343 e. The summed E-state index contributed by atoms with van der Waals surface area (Å²) in [6.45, 7) is 3.65. The molecule has 0 radical (unpaired) electrons. The minimum absolute atomic E-state index is 0.102. The molecule has 0 aromatic carbocycles. The Morgan fingerprint density at radius 1 is 1.40 bits per heavy atom. The van der Waals surface area contributed by atoms with Crippen molar-refractivity contribution >= 4 is 21.8 Å². The summed E-state index contributed by atoms with van der Waals surface area (Å²) in [4.78, 5) is 16.8. The molecule has 0 spiro atoms. The maximum Gasteiger partial charge on any atom is 0.270 e. The third kappa shape index (κ3) is 2.79. The van der Waals surface area contributed by atoms with Crippen LogP contribution in [0, 0.1) is 0 Å². The second-order valence-electron chi connectivity index (χ2n) is 5.96. The van der Waals surface area contributed by atoms with Crippen LogP contribution in [0.3, 0.4) is 0 Å². The number of carbonyl (C=O) groups excluding carboxylic acids is 1. The van der Waals surface area contributed by atoms with E-state index in [1.165, 1.54) is 19.3 Å². The van der Waals surface area contributed by atoms with E-state index in [2.05, 4.69) is 41.8 Å². The predicted molar refractivity (Wildman–Crippen MR) is 85.0 cm³/mol. The molecule has 0 atom stereocenters. The number of aromatic nitrogens is 1. The zero-order chi connectivity index (χ0) is 14.9. The van der Waals surface area contributed by atoms with Crippen LogP contribution in [0.5, 0.6) is 0 Å². The Bertz CT molecular complexity index is 491. The number of aryl methyl sites for hydroxylation is 1. The maximum atomic E-state index is 12.6. The number of rotatable bonds is 5. The van der Waals surface area contributed by atoms with Crippen LogP contribution in [-0.2, 0) is 6.54 Å². The van der Waals surface area contributed by atoms with Gasteiger partial charge in [-0.05, 0) is 62.3 Å². The van der Waals surface area contributed by atoms with E-state index in [-0.39, 0.29) is 11.4 Å². The van der Waals surface area contributed by atoms with Crippen molar-refractivity contribution < 1.29 is 4.79 Å². The fourth-order valence-electron chi connectivity index (χ4n) is 2.96. The van der Waals surface area contributed by atoms with Crippen LogP contribution >= 0.6 is 15.9 Å². The normalized spacial score (nSPS) is 17.1. The topological polar surface area (TPSA) is 28.5 Å². The van der Waals surface area contributed by atoms with Gasteiger partial charge in [0.05, 0.1) is 0 Å². The number of halogens is 1. The van der Waals surface area contributed by atoms with Gasteiger partial charge in [-0.25, -0.2) is 0 Å². The number of likely N-dealkylation sites (N-methyl/N-ethyl adjacent to an activating group) is 2. The van der Waals surface area contributed by atoms with Gasteiger partial charge in [0.2, 0.25) is 0 Å². The standard InChI is InChI=1S/C15H24BrN3O/c1-5-19-10-12(16)9-13(19)14(20)18(4)11-15(17(2)3)7-6-8-15/h9-10H,5-8,11H2,1-4H3. The van der Waals surface area contributed by atoms with Crippen molar-refractivity contribution in [1.29, 1.82) is 0 Å². The first-order chi connectivity index (χ1) is 9.39. The van der Waals surface area contributed by atoms with Crippen LogP contribution in [0.2, 0.25) is 0 Å². The Kier molecular flexibility index (Phi) is 4.59. The number of nitrogens with zero attached hydrogens (tertiary/aromatic N) is 3. The van der Waals surface area contributed by atoms with Gasteiger partial charge in [-0.1, -0.05) is 0 Å². The highest BCUT2D eigenvalue weighted by atomic mass is 79.9. The molecule has 0 bridgehead atoms. The fourth-order valence-corrected chi connectivity index (χ4v) is 3.42. The summed E-state index contributed by atoms with van der Waals surface area (Å²) in [5.74, 6) is 0.102. The predicted octanol–water partition coefficient (Wildman–Crippen LogP) is 2.83. The molecule has 1 saturated carbocycles. The molecule has 0 N–H and O–H groups in total. The quantitative estimate of drug-likeness (QED) is 0.823. The Morgan fingerprint density at radius 2 is 2.05 bits per heavy atom. The average molecular weight is 342 g/mol. The monoisotopic (exact) mass is 341 g/mol. The summed E-state index contributed by atoms with van der Waals surface area (Å²) in [6.07, 6.45) is 5.58. The van der Waals surface area contributed by atoms with E-state index in [9.17, 15) is 4.79 Å². The van der Waals surface area contributed by atoms with Gasteiger partial charge in [0.1, 0.15) is 5.69 Å². The number of hydrogen-bond donors (Lipinski definition) is 0. The van der Waals surface area contributed by atoms with Crippen LogP contribution in [0.15, 0.2) is 16.7 Å². The SMILES string of the molecule is CCn1cc(Br)cc1C(=O)N(C)CC1(N(C)C)CCC1. The van der Waals surface area contributed by atoms with Crippen molar-refractivity contribution in [1.82, 2.24) is 14.4 Å². The summed E-state index contributed by atoms with van der Waals surface area (Å²) < 4.78 is 2.95. The number of amides is 1. The highest BCUT2D eigenvalue weighted by Gasteiger charge is 2.40. The molecule has 0 aliphatic heterocycles. The van der Waals surface area contributed by atoms with E-state index >= 15 is 0 Å². The van der Waals surface area contributed by atoms with Gasteiger partial charge in [-0.15, -0.1) is 0 Å². The Labute approximate surface area is 129 Å². The zero-order valence-electron chi connectivity index (χ0n) is 12.8. The molecular formula is C15H24BrN3O. The van der Waals surface area contributed by atoms with Crippen LogP contribution in [0.1, 0.15) is 36.7 Å². The molecule has 0 unspecified atom stereocenters. The summed E-state index contributed by atoms with van der Waals surface area (Å²) in [6, 6.07) is 1.91. The smallest absolute Gasteiger partial charge is 0.270 e. The van der Waals surface area contributed by atoms with Crippen LogP contribution in [0.4, 0.5) is 0 Å². The summed E-state index contributed by atoms with van der Waals surface area (Å²) >= 11 is 3.45. The highest BCUT2D eigenvalue weighted by Crippen LogP contribution is 2.36. The van der Waals surface area contributed by atoms with Crippen molar-refractivity contribution in [3.05, 3.63) is 22.4 Å². The van der Waals surface area contributed by atoms with Crippen LogP contribution in [0.25, 0.3) is 0 Å². The molecule has 20 heavy (non-hydrogen) atoms. The van der Waals surface area contributed by atoms with Gasteiger partial charge in [0.15, 0.2) is 0 Å². The minimum atomic E-state index is 0.102. The second kappa shape index (κ2) is 5.90. The van der Waals surface area contributed by atoms with Crippen LogP contribution < -0.4 is 0 Å². The lowest BCUT2D eigenvalue weighted by Crippen LogP contribution is -2.57. The Morgan fingerprint density at radius 3 is 2.50 bits per heavy atom. The molecule has 2 rings (SSSR count). The molecule has 5 heteroatoms. The first-order valence-corrected chi connectivity index (χ1v) is 7.97. The molecule has 1 aliphatic carbocycles. The third-order valence-electron chi connectivity index (χ3n) is 4.53. The zero-order valence-corrected chi connectivity index (χ0v) is 14.4. The van der Waals surface area contributed by atoms with Crippen molar-refractivity contribution in [2.45, 2.75) is 38.3 Å². The van der Waals surface area contributed by atoms with Gasteiger partial charge in [0, 0.05) is 36.3 Å². The average Bonchev–Trinajstić information content (AvgIpc) is 2.73. The molecule has 112 valence electrons. The van der Waals surface area contributed by atoms with E-state index in [1.807, 2.05) is 28.8 Å². The van der Waals surface area contributed by atoms with Gasteiger partial charge in [-0.3, -0.25) is 4.79 Å². The van der Waals surface area contributed by atoms with E-state index in [0.29, 0.717) is 0 Å². The Hall–Kier alpha value is -0.810. The van der Waals surface area contributed by atoms with E-state index in [1.54, 1.807) is 0 Å². The lowest BCUT2D eigenvalue weighted by atomic mass is 9.75. The van der Waals surface area contributed by atoms with E-state index in [0.717, 1.165) is 23.3 Å². The molecule has 1 aromatic heterocycles. The molecule has 1 amide bonds. The van der Waals surface area contributed by atoms with Crippen LogP contribution in [-0.4, -0.2) is 53.5 Å². The van der Waals surface area contributed by atoms with E-state index in [4.69, 9.17) is 0 Å². The molecule has 1 heterocycles. The lowest BCUT2D eigenvalue weighted by molar-refractivity contribution is 0.0248. The first-order valence-electron chi connectivity index (χ1n) is 7.18. The summed E-state index contributed by atoms with van der Waals surface area (Å²) in [5, 5.41) is 0. The maximum absolute atomic E-state index is 12.6. The molecule has 1 fully saturated rings. The molecule has 4 nitrogen and oxygen atoms in total. The van der Waals surface area contributed by atoms with Gasteiger partial charge < -0.3 is 14.4 Å². The molecular weight excluding hydrogens is 318 g/mol. The van der Waals surface area contributed by atoms with Crippen molar-refractivity contribution in [2.24, 2.45) is 0 Å². The number of hydrogen-bond acceptors (Lipinski definition) is 2. The molecule has 1 aliphatic rings. The first kappa shape index (κ1) is 15.6.